The molecule has 0 amide bonds. The standard InChI is InChI=1S/C14H8N2O/c1-2-4-10-9(3-1)5-6-12-11(10)7-8-13-14(12)15-16-17-13/h1-8H. The van der Waals surface area contributed by atoms with Gasteiger partial charge in [-0.25, -0.2) is 0 Å². The van der Waals surface area contributed by atoms with E-state index in [4.69, 9.17) is 4.52 Å². The van der Waals surface area contributed by atoms with Crippen LogP contribution in [0.3, 0.4) is 0 Å². The topological polar surface area (TPSA) is 38.9 Å². The summed E-state index contributed by atoms with van der Waals surface area (Å²) in [4.78, 5) is 0. The number of rotatable bonds is 0. The molecule has 0 unspecified atom stereocenters. The van der Waals surface area contributed by atoms with E-state index >= 15 is 0 Å². The highest BCUT2D eigenvalue weighted by molar-refractivity contribution is 6.15. The molecule has 3 nitrogen and oxygen atoms in total. The lowest BCUT2D eigenvalue weighted by molar-refractivity contribution is 0.424. The van der Waals surface area contributed by atoms with Crippen molar-refractivity contribution in [1.82, 2.24) is 10.4 Å². The summed E-state index contributed by atoms with van der Waals surface area (Å²) in [5, 5.41) is 12.4. The van der Waals surface area contributed by atoms with Gasteiger partial charge in [-0.3, -0.25) is 0 Å². The van der Waals surface area contributed by atoms with Crippen molar-refractivity contribution in [2.45, 2.75) is 0 Å². The molecule has 17 heavy (non-hydrogen) atoms. The fourth-order valence-corrected chi connectivity index (χ4v) is 2.33. The quantitative estimate of drug-likeness (QED) is 0.425. The molecular weight excluding hydrogens is 212 g/mol. The van der Waals surface area contributed by atoms with Crippen LogP contribution in [0.5, 0.6) is 0 Å². The zero-order valence-electron chi connectivity index (χ0n) is 8.92. The molecule has 0 aliphatic rings. The minimum absolute atomic E-state index is 0.729. The number of hydrogen-bond acceptors (Lipinski definition) is 3. The summed E-state index contributed by atoms with van der Waals surface area (Å²) in [6, 6.07) is 16.5. The fourth-order valence-electron chi connectivity index (χ4n) is 2.33. The van der Waals surface area contributed by atoms with Gasteiger partial charge in [0.15, 0.2) is 5.58 Å². The maximum absolute atomic E-state index is 5.08. The van der Waals surface area contributed by atoms with Gasteiger partial charge in [-0.15, -0.1) is 5.10 Å². The van der Waals surface area contributed by atoms with Crippen LogP contribution in [0.1, 0.15) is 0 Å². The van der Waals surface area contributed by atoms with E-state index in [1.807, 2.05) is 18.2 Å². The first kappa shape index (κ1) is 8.70. The molecule has 3 heteroatoms. The Bertz CT molecular complexity index is 848. The molecule has 0 fully saturated rings. The molecule has 0 saturated heterocycles. The highest BCUT2D eigenvalue weighted by atomic mass is 16.5. The molecule has 0 N–H and O–H groups in total. The van der Waals surface area contributed by atoms with E-state index in [9.17, 15) is 0 Å². The Kier molecular flexibility index (Phi) is 1.56. The summed E-state index contributed by atoms with van der Waals surface area (Å²) < 4.78 is 5.08. The molecule has 0 aliphatic heterocycles. The van der Waals surface area contributed by atoms with Gasteiger partial charge in [-0.2, -0.15) is 0 Å². The van der Waals surface area contributed by atoms with Crippen LogP contribution in [0.15, 0.2) is 53.1 Å². The maximum atomic E-state index is 5.08. The highest BCUT2D eigenvalue weighted by Gasteiger charge is 2.07. The monoisotopic (exact) mass is 220 g/mol. The van der Waals surface area contributed by atoms with Crippen molar-refractivity contribution in [1.29, 1.82) is 0 Å². The number of nitrogens with zero attached hydrogens (tertiary/aromatic N) is 2. The van der Waals surface area contributed by atoms with Gasteiger partial charge in [0.1, 0.15) is 5.52 Å². The lowest BCUT2D eigenvalue weighted by Crippen LogP contribution is -1.79. The van der Waals surface area contributed by atoms with E-state index in [-0.39, 0.29) is 0 Å². The van der Waals surface area contributed by atoms with Gasteiger partial charge in [0.25, 0.3) is 0 Å². The van der Waals surface area contributed by atoms with Crippen LogP contribution in [-0.2, 0) is 0 Å². The van der Waals surface area contributed by atoms with Gasteiger partial charge in [0, 0.05) is 10.7 Å². The first-order valence-corrected chi connectivity index (χ1v) is 5.46. The molecule has 0 radical (unpaired) electrons. The van der Waals surface area contributed by atoms with Gasteiger partial charge < -0.3 is 4.52 Å². The van der Waals surface area contributed by atoms with Crippen LogP contribution in [0.4, 0.5) is 0 Å². The van der Waals surface area contributed by atoms with Crippen LogP contribution in [-0.4, -0.2) is 10.4 Å². The highest BCUT2D eigenvalue weighted by Crippen LogP contribution is 2.29. The summed E-state index contributed by atoms with van der Waals surface area (Å²) in [7, 11) is 0. The molecule has 1 aromatic heterocycles. The van der Waals surface area contributed by atoms with Crippen molar-refractivity contribution in [2.24, 2.45) is 0 Å². The molecule has 0 bridgehead atoms. The van der Waals surface area contributed by atoms with Crippen molar-refractivity contribution in [2.75, 3.05) is 0 Å². The van der Waals surface area contributed by atoms with Crippen LogP contribution in [0.25, 0.3) is 32.6 Å². The number of fused-ring (bicyclic) bond motifs is 5. The van der Waals surface area contributed by atoms with E-state index in [0.717, 1.165) is 16.5 Å². The normalized spacial score (nSPS) is 11.5. The second-order valence-electron chi connectivity index (χ2n) is 4.07. The summed E-state index contributed by atoms with van der Waals surface area (Å²) in [6.07, 6.45) is 0. The molecule has 0 spiro atoms. The van der Waals surface area contributed by atoms with Gasteiger partial charge in [-0.1, -0.05) is 36.4 Å². The van der Waals surface area contributed by atoms with E-state index < -0.39 is 0 Å². The number of hydrogen-bond donors (Lipinski definition) is 0. The van der Waals surface area contributed by atoms with Crippen LogP contribution < -0.4 is 0 Å². The smallest absolute Gasteiger partial charge is 0.188 e. The predicted molar refractivity (Wildman–Crippen MR) is 66.8 cm³/mol. The largest absolute Gasteiger partial charge is 0.337 e. The molecule has 0 atom stereocenters. The lowest BCUT2D eigenvalue weighted by Gasteiger charge is -2.02. The second-order valence-corrected chi connectivity index (χ2v) is 4.07. The second kappa shape index (κ2) is 3.04. The first-order valence-electron chi connectivity index (χ1n) is 5.46. The SMILES string of the molecule is c1ccc2c(c1)ccc1c2ccc2onnc21. The third kappa shape index (κ3) is 1.11. The minimum Gasteiger partial charge on any atom is -0.337 e. The van der Waals surface area contributed by atoms with Crippen molar-refractivity contribution in [3.8, 4) is 0 Å². The van der Waals surface area contributed by atoms with Crippen molar-refractivity contribution < 1.29 is 4.52 Å². The number of benzene rings is 3. The maximum Gasteiger partial charge on any atom is 0.188 e. The lowest BCUT2D eigenvalue weighted by atomic mass is 10.0. The minimum atomic E-state index is 0.729. The molecule has 0 aliphatic carbocycles. The van der Waals surface area contributed by atoms with Gasteiger partial charge >= 0.3 is 0 Å². The van der Waals surface area contributed by atoms with E-state index in [1.54, 1.807) is 0 Å². The Morgan fingerprint density at radius 1 is 0.765 bits per heavy atom. The molecule has 0 saturated carbocycles. The Morgan fingerprint density at radius 3 is 2.65 bits per heavy atom. The Labute approximate surface area is 96.6 Å². The van der Waals surface area contributed by atoms with Crippen LogP contribution in [0, 0.1) is 0 Å². The van der Waals surface area contributed by atoms with Crippen LogP contribution >= 0.6 is 0 Å². The summed E-state index contributed by atoms with van der Waals surface area (Å²) >= 11 is 0. The molecule has 3 aromatic carbocycles. The predicted octanol–water partition coefficient (Wildman–Crippen LogP) is 3.53. The Balaban J connectivity index is 2.34. The zero-order chi connectivity index (χ0) is 11.2. The third-order valence-corrected chi connectivity index (χ3v) is 3.14. The third-order valence-electron chi connectivity index (χ3n) is 3.14. The van der Waals surface area contributed by atoms with E-state index in [2.05, 4.69) is 40.7 Å². The summed E-state index contributed by atoms with van der Waals surface area (Å²) in [5.74, 6) is 0. The molecule has 80 valence electrons. The average Bonchev–Trinajstić information content (AvgIpc) is 2.86. The average molecular weight is 220 g/mol. The van der Waals surface area contributed by atoms with E-state index in [0.29, 0.717) is 0 Å². The van der Waals surface area contributed by atoms with Crippen molar-refractivity contribution in [3.63, 3.8) is 0 Å². The van der Waals surface area contributed by atoms with Gasteiger partial charge in [-0.05, 0) is 28.3 Å². The van der Waals surface area contributed by atoms with Gasteiger partial charge in [0.2, 0.25) is 0 Å². The number of aromatic nitrogens is 2. The summed E-state index contributed by atoms with van der Waals surface area (Å²) in [6.45, 7) is 0. The zero-order valence-corrected chi connectivity index (χ0v) is 8.92. The Morgan fingerprint density at radius 2 is 1.65 bits per heavy atom. The Hall–Kier alpha value is -2.42. The summed E-state index contributed by atoms with van der Waals surface area (Å²) in [5.41, 5.74) is 1.56. The fraction of sp³-hybridized carbons (Fsp3) is 0. The molecular formula is C14H8N2O. The van der Waals surface area contributed by atoms with Crippen molar-refractivity contribution >= 4 is 32.6 Å². The van der Waals surface area contributed by atoms with Crippen LogP contribution in [0.2, 0.25) is 0 Å². The first-order chi connectivity index (χ1) is 8.43. The molecule has 1 heterocycles. The van der Waals surface area contributed by atoms with Crippen molar-refractivity contribution in [3.05, 3.63) is 48.5 Å². The molecule has 4 rings (SSSR count). The van der Waals surface area contributed by atoms with Gasteiger partial charge in [0.05, 0.1) is 0 Å². The van der Waals surface area contributed by atoms with E-state index in [1.165, 1.54) is 16.2 Å². The molecule has 4 aromatic rings.